The number of halogens is 2. The number of anilines is 1. The highest BCUT2D eigenvalue weighted by atomic mass is 19.1. The second kappa shape index (κ2) is 9.66. The van der Waals surface area contributed by atoms with Crippen molar-refractivity contribution in [2.45, 2.75) is 26.8 Å². The van der Waals surface area contributed by atoms with Crippen LogP contribution in [0, 0.1) is 24.5 Å². The van der Waals surface area contributed by atoms with Crippen molar-refractivity contribution >= 4 is 23.1 Å². The van der Waals surface area contributed by atoms with Gasteiger partial charge in [-0.05, 0) is 60.9 Å². The summed E-state index contributed by atoms with van der Waals surface area (Å²) in [7, 11) is 0. The Kier molecular flexibility index (Phi) is 6.64. The molecule has 1 aliphatic heterocycles. The number of ether oxygens (including phenoxy) is 1. The van der Waals surface area contributed by atoms with Crippen molar-refractivity contribution in [2.24, 2.45) is 5.92 Å². The minimum absolute atomic E-state index is 0.213. The molecule has 0 spiro atoms. The fourth-order valence-corrected chi connectivity index (χ4v) is 3.94. The number of hydrogen-bond acceptors (Lipinski definition) is 5. The Bertz CT molecular complexity index is 1320. The van der Waals surface area contributed by atoms with E-state index in [1.54, 1.807) is 43.3 Å². The molecule has 0 aliphatic carbocycles. The van der Waals surface area contributed by atoms with Crippen LogP contribution in [-0.2, 0) is 9.59 Å². The lowest BCUT2D eigenvalue weighted by atomic mass is 9.97. The molecule has 1 N–H and O–H groups in total. The molecule has 35 heavy (non-hydrogen) atoms. The Morgan fingerprint density at radius 3 is 2.54 bits per heavy atom. The van der Waals surface area contributed by atoms with Gasteiger partial charge in [0.2, 0.25) is 0 Å². The van der Waals surface area contributed by atoms with Crippen LogP contribution in [0.2, 0.25) is 0 Å². The molecule has 1 aliphatic rings. The van der Waals surface area contributed by atoms with E-state index in [-0.39, 0.29) is 16.8 Å². The van der Waals surface area contributed by atoms with Gasteiger partial charge in [-0.1, -0.05) is 19.9 Å². The van der Waals surface area contributed by atoms with Gasteiger partial charge in [-0.3, -0.25) is 19.5 Å². The van der Waals surface area contributed by atoms with E-state index in [0.29, 0.717) is 18.3 Å². The van der Waals surface area contributed by atoms with Gasteiger partial charge in [0.25, 0.3) is 11.7 Å². The topological polar surface area (TPSA) is 79.7 Å². The number of amides is 1. The van der Waals surface area contributed by atoms with Crippen molar-refractivity contribution in [3.8, 4) is 5.75 Å². The highest BCUT2D eigenvalue weighted by molar-refractivity contribution is 6.51. The zero-order valence-corrected chi connectivity index (χ0v) is 19.5. The highest BCUT2D eigenvalue weighted by Crippen LogP contribution is 2.42. The molecule has 0 radical (unpaired) electrons. The summed E-state index contributed by atoms with van der Waals surface area (Å²) in [4.78, 5) is 31.3. The number of rotatable bonds is 6. The number of aryl methyl sites for hydroxylation is 1. The van der Waals surface area contributed by atoms with Gasteiger partial charge in [-0.15, -0.1) is 0 Å². The number of pyridine rings is 1. The molecule has 1 unspecified atom stereocenters. The third-order valence-electron chi connectivity index (χ3n) is 5.60. The van der Waals surface area contributed by atoms with Crippen molar-refractivity contribution in [1.82, 2.24) is 4.98 Å². The van der Waals surface area contributed by atoms with Crippen LogP contribution in [0.4, 0.5) is 14.5 Å². The van der Waals surface area contributed by atoms with Crippen LogP contribution in [-0.4, -0.2) is 28.4 Å². The van der Waals surface area contributed by atoms with Crippen molar-refractivity contribution in [1.29, 1.82) is 0 Å². The van der Waals surface area contributed by atoms with Crippen LogP contribution in [0.15, 0.2) is 66.4 Å². The van der Waals surface area contributed by atoms with Crippen molar-refractivity contribution in [2.75, 3.05) is 11.5 Å². The molecule has 1 saturated heterocycles. The molecule has 1 amide bonds. The van der Waals surface area contributed by atoms with Crippen LogP contribution < -0.4 is 9.64 Å². The van der Waals surface area contributed by atoms with Gasteiger partial charge in [-0.25, -0.2) is 8.78 Å². The van der Waals surface area contributed by atoms with E-state index in [2.05, 4.69) is 4.98 Å². The molecule has 4 rings (SSSR count). The number of ketones is 1. The fourth-order valence-electron chi connectivity index (χ4n) is 3.94. The van der Waals surface area contributed by atoms with Gasteiger partial charge in [-0.2, -0.15) is 0 Å². The van der Waals surface area contributed by atoms with Crippen molar-refractivity contribution < 1.29 is 28.2 Å². The van der Waals surface area contributed by atoms with Gasteiger partial charge >= 0.3 is 0 Å². The molecule has 1 atom stereocenters. The molecule has 2 heterocycles. The molecular weight excluding hydrogens is 454 g/mol. The Hall–Kier alpha value is -4.07. The van der Waals surface area contributed by atoms with Gasteiger partial charge < -0.3 is 9.84 Å². The summed E-state index contributed by atoms with van der Waals surface area (Å²) in [5.74, 6) is -3.30. The number of carbonyl (C=O) groups excluding carboxylic acids is 2. The Morgan fingerprint density at radius 2 is 1.89 bits per heavy atom. The maximum atomic E-state index is 14.7. The standard InChI is InChI=1S/C27H24F2N2O4/c1-15(2)14-35-22-10-7-17(12-16(22)3)25(32)23-24(20-6-4-5-11-30-20)31(27(34)26(23)33)21-13-18(28)8-9-19(21)29/h4-13,15,24,32H,14H2,1-3H3/b25-23+. The molecule has 180 valence electrons. The number of nitrogens with zero attached hydrogens (tertiary/aromatic N) is 2. The van der Waals surface area contributed by atoms with E-state index in [0.717, 1.165) is 28.7 Å². The van der Waals surface area contributed by atoms with Crippen LogP contribution in [0.1, 0.15) is 36.7 Å². The summed E-state index contributed by atoms with van der Waals surface area (Å²) in [5.41, 5.74) is 0.515. The summed E-state index contributed by atoms with van der Waals surface area (Å²) >= 11 is 0. The maximum Gasteiger partial charge on any atom is 0.300 e. The number of hydrogen-bond donors (Lipinski definition) is 1. The SMILES string of the molecule is Cc1cc(/C(O)=C2\C(=O)C(=O)N(c3cc(F)ccc3F)C2c2ccccn2)ccc1OCC(C)C. The van der Waals surface area contributed by atoms with Crippen molar-refractivity contribution in [3.63, 3.8) is 0 Å². The Balaban J connectivity index is 1.86. The van der Waals surface area contributed by atoms with E-state index in [1.807, 2.05) is 13.8 Å². The molecule has 0 bridgehead atoms. The molecular formula is C27H24F2N2O4. The monoisotopic (exact) mass is 478 g/mol. The lowest BCUT2D eigenvalue weighted by molar-refractivity contribution is -0.132. The molecule has 1 aromatic heterocycles. The van der Waals surface area contributed by atoms with Gasteiger partial charge in [0.15, 0.2) is 0 Å². The minimum Gasteiger partial charge on any atom is -0.507 e. The number of aromatic nitrogens is 1. The third kappa shape index (κ3) is 4.64. The molecule has 8 heteroatoms. The van der Waals surface area contributed by atoms with Gasteiger partial charge in [0, 0.05) is 17.8 Å². The van der Waals surface area contributed by atoms with Crippen LogP contribution in [0.25, 0.3) is 5.76 Å². The highest BCUT2D eigenvalue weighted by Gasteiger charge is 2.48. The van der Waals surface area contributed by atoms with E-state index >= 15 is 0 Å². The predicted molar refractivity (Wildman–Crippen MR) is 127 cm³/mol. The first-order valence-corrected chi connectivity index (χ1v) is 11.1. The summed E-state index contributed by atoms with van der Waals surface area (Å²) in [6, 6.07) is 11.1. The summed E-state index contributed by atoms with van der Waals surface area (Å²) < 4.78 is 34.5. The summed E-state index contributed by atoms with van der Waals surface area (Å²) in [5, 5.41) is 11.2. The van der Waals surface area contributed by atoms with Gasteiger partial charge in [0.05, 0.1) is 23.6 Å². The first-order chi connectivity index (χ1) is 16.7. The third-order valence-corrected chi connectivity index (χ3v) is 5.60. The molecule has 6 nitrogen and oxygen atoms in total. The largest absolute Gasteiger partial charge is 0.507 e. The number of benzene rings is 2. The van der Waals surface area contributed by atoms with Crippen molar-refractivity contribution in [3.05, 3.63) is 94.8 Å². The quantitative estimate of drug-likeness (QED) is 0.294. The average molecular weight is 478 g/mol. The molecule has 2 aromatic carbocycles. The zero-order valence-electron chi connectivity index (χ0n) is 19.5. The smallest absolute Gasteiger partial charge is 0.300 e. The number of carbonyl (C=O) groups is 2. The number of aliphatic hydroxyl groups is 1. The van der Waals surface area contributed by atoms with E-state index in [4.69, 9.17) is 4.74 Å². The fraction of sp³-hybridized carbons (Fsp3) is 0.222. The zero-order chi connectivity index (χ0) is 25.3. The molecule has 3 aromatic rings. The van der Waals surface area contributed by atoms with Crippen LogP contribution >= 0.6 is 0 Å². The lowest BCUT2D eigenvalue weighted by Crippen LogP contribution is -2.30. The first kappa shape index (κ1) is 24.1. The summed E-state index contributed by atoms with van der Waals surface area (Å²) in [6.07, 6.45) is 1.45. The number of Topliss-reactive ketones (excluding diaryl/α,β-unsaturated/α-hetero) is 1. The first-order valence-electron chi connectivity index (χ1n) is 11.1. The molecule has 1 fully saturated rings. The Morgan fingerprint density at radius 1 is 1.11 bits per heavy atom. The predicted octanol–water partition coefficient (Wildman–Crippen LogP) is 5.33. The van der Waals surface area contributed by atoms with Gasteiger partial charge in [0.1, 0.15) is 29.2 Å². The average Bonchev–Trinajstić information content (AvgIpc) is 3.10. The Labute approximate surface area is 201 Å². The van der Waals surface area contributed by atoms with Crippen LogP contribution in [0.5, 0.6) is 5.75 Å². The lowest BCUT2D eigenvalue weighted by Gasteiger charge is -2.25. The van der Waals surface area contributed by atoms with Crippen LogP contribution in [0.3, 0.4) is 0 Å². The van der Waals surface area contributed by atoms with E-state index < -0.39 is 40.8 Å². The second-order valence-electron chi connectivity index (χ2n) is 8.70. The van der Waals surface area contributed by atoms with E-state index in [1.165, 1.54) is 6.20 Å². The number of aliphatic hydroxyl groups excluding tert-OH is 1. The second-order valence-corrected chi connectivity index (χ2v) is 8.70. The molecule has 0 saturated carbocycles. The van der Waals surface area contributed by atoms with E-state index in [9.17, 15) is 23.5 Å². The normalized spacial score (nSPS) is 17.3. The summed E-state index contributed by atoms with van der Waals surface area (Å²) in [6.45, 7) is 6.35. The maximum absolute atomic E-state index is 14.7. The minimum atomic E-state index is -1.26.